The Morgan fingerprint density at radius 2 is 0.814 bits per heavy atom. The van der Waals surface area contributed by atoms with Crippen molar-refractivity contribution in [3.8, 4) is 0 Å². The van der Waals surface area contributed by atoms with Crippen LogP contribution in [0.5, 0.6) is 0 Å². The molecule has 0 aromatic carbocycles. The summed E-state index contributed by atoms with van der Waals surface area (Å²) in [6.07, 6.45) is -33.2. The molecule has 4 heterocycles. The van der Waals surface area contributed by atoms with Crippen LogP contribution < -0.4 is 0 Å². The summed E-state index contributed by atoms with van der Waals surface area (Å²) in [7, 11) is 0. The first-order valence-corrected chi connectivity index (χ1v) is 13.5. The van der Waals surface area contributed by atoms with Gasteiger partial charge < -0.3 is 99.5 Å². The molecule has 19 atom stereocenters. The van der Waals surface area contributed by atoms with E-state index in [0.29, 0.717) is 0 Å². The lowest BCUT2D eigenvalue weighted by molar-refractivity contribution is -0.394. The van der Waals surface area contributed by atoms with Gasteiger partial charge in [-0.2, -0.15) is 0 Å². The first kappa shape index (κ1) is 35.1. The van der Waals surface area contributed by atoms with E-state index in [9.17, 15) is 66.4 Å². The van der Waals surface area contributed by atoms with Gasteiger partial charge in [0.15, 0.2) is 25.2 Å². The second kappa shape index (κ2) is 14.7. The third kappa shape index (κ3) is 7.13. The quantitative estimate of drug-likeness (QED) is 0.112. The van der Waals surface area contributed by atoms with Crippen LogP contribution in [-0.4, -0.2) is 210 Å². The molecule has 0 spiro atoms. The molecule has 4 saturated heterocycles. The van der Waals surface area contributed by atoms with Crippen molar-refractivity contribution in [1.29, 1.82) is 0 Å². The molecule has 0 saturated carbocycles. The van der Waals surface area contributed by atoms with Crippen molar-refractivity contribution in [3.05, 3.63) is 0 Å². The number of hydrogen-bond acceptors (Lipinski definition) is 20. The Labute approximate surface area is 243 Å². The highest BCUT2D eigenvalue weighted by Crippen LogP contribution is 2.33. The summed E-state index contributed by atoms with van der Waals surface area (Å²) in [5, 5.41) is 132. The van der Waals surface area contributed by atoms with Gasteiger partial charge in [0.25, 0.3) is 0 Å². The van der Waals surface area contributed by atoms with E-state index >= 15 is 0 Å². The van der Waals surface area contributed by atoms with Crippen LogP contribution in [0.3, 0.4) is 0 Å². The summed E-state index contributed by atoms with van der Waals surface area (Å²) in [5.41, 5.74) is 0. The van der Waals surface area contributed by atoms with Crippen molar-refractivity contribution < 1.29 is 99.5 Å². The van der Waals surface area contributed by atoms with Crippen molar-refractivity contribution in [1.82, 2.24) is 0 Å². The van der Waals surface area contributed by atoms with Gasteiger partial charge in [0.05, 0.1) is 26.4 Å². The van der Waals surface area contributed by atoms with E-state index in [1.165, 1.54) is 0 Å². The minimum absolute atomic E-state index is 0.458. The molecule has 13 N–H and O–H groups in total. The molecule has 252 valence electrons. The van der Waals surface area contributed by atoms with Crippen molar-refractivity contribution >= 4 is 0 Å². The second-order valence-electron chi connectivity index (χ2n) is 10.7. The number of aliphatic hydroxyl groups is 13. The lowest BCUT2D eigenvalue weighted by Crippen LogP contribution is -2.67. The fourth-order valence-electron chi connectivity index (χ4n) is 5.17. The zero-order valence-electron chi connectivity index (χ0n) is 22.5. The summed E-state index contributed by atoms with van der Waals surface area (Å²) in [6, 6.07) is 0. The molecule has 4 aliphatic rings. The summed E-state index contributed by atoms with van der Waals surface area (Å²) in [6.45, 7) is -2.98. The van der Waals surface area contributed by atoms with Crippen molar-refractivity contribution in [2.75, 3.05) is 26.4 Å². The molecular formula is C23H40O20. The molecule has 0 aromatic rings. The largest absolute Gasteiger partial charge is 0.394 e. The van der Waals surface area contributed by atoms with Gasteiger partial charge in [0, 0.05) is 0 Å². The van der Waals surface area contributed by atoms with Crippen LogP contribution in [0.1, 0.15) is 0 Å². The van der Waals surface area contributed by atoms with Gasteiger partial charge in [-0.15, -0.1) is 0 Å². The van der Waals surface area contributed by atoms with E-state index in [1.54, 1.807) is 0 Å². The molecule has 0 aliphatic carbocycles. The molecule has 43 heavy (non-hydrogen) atoms. The molecular weight excluding hydrogens is 596 g/mol. The Kier molecular flexibility index (Phi) is 12.0. The van der Waals surface area contributed by atoms with Crippen molar-refractivity contribution in [3.63, 3.8) is 0 Å². The molecule has 20 nitrogen and oxygen atoms in total. The Morgan fingerprint density at radius 3 is 1.28 bits per heavy atom. The lowest BCUT2D eigenvalue weighted by Gasteiger charge is -2.48. The summed E-state index contributed by atoms with van der Waals surface area (Å²) >= 11 is 0. The topological polar surface area (TPSA) is 328 Å². The van der Waals surface area contributed by atoms with Gasteiger partial charge in [0.2, 0.25) is 0 Å². The average molecular weight is 637 g/mol. The zero-order chi connectivity index (χ0) is 31.7. The van der Waals surface area contributed by atoms with Gasteiger partial charge in [-0.3, -0.25) is 0 Å². The van der Waals surface area contributed by atoms with Crippen LogP contribution in [0.15, 0.2) is 0 Å². The van der Waals surface area contributed by atoms with Crippen LogP contribution >= 0.6 is 0 Å². The minimum atomic E-state index is -2.01. The third-order valence-corrected chi connectivity index (χ3v) is 7.80. The third-order valence-electron chi connectivity index (χ3n) is 7.80. The van der Waals surface area contributed by atoms with Crippen molar-refractivity contribution in [2.45, 2.75) is 117 Å². The molecule has 4 fully saturated rings. The molecule has 0 aromatic heterocycles. The molecule has 0 amide bonds. The fourth-order valence-corrected chi connectivity index (χ4v) is 5.17. The molecule has 0 bridgehead atoms. The predicted octanol–water partition coefficient (Wildman–Crippen LogP) is -9.11. The molecule has 20 heteroatoms. The van der Waals surface area contributed by atoms with Gasteiger partial charge in [0.1, 0.15) is 91.6 Å². The first-order chi connectivity index (χ1) is 20.3. The van der Waals surface area contributed by atoms with Crippen LogP contribution in [0.25, 0.3) is 0 Å². The smallest absolute Gasteiger partial charge is 0.189 e. The monoisotopic (exact) mass is 636 g/mol. The van der Waals surface area contributed by atoms with Gasteiger partial charge in [-0.25, -0.2) is 0 Å². The van der Waals surface area contributed by atoms with E-state index < -0.39 is 143 Å². The highest BCUT2D eigenvalue weighted by atomic mass is 16.8. The highest BCUT2D eigenvalue weighted by molar-refractivity contribution is 4.97. The van der Waals surface area contributed by atoms with E-state index in [0.717, 1.165) is 0 Å². The molecule has 0 unspecified atom stereocenters. The number of aliphatic hydroxyl groups excluding tert-OH is 13. The molecule has 4 rings (SSSR count). The Balaban J connectivity index is 1.50. The maximum Gasteiger partial charge on any atom is 0.189 e. The van der Waals surface area contributed by atoms with Crippen LogP contribution in [0, 0.1) is 0 Å². The van der Waals surface area contributed by atoms with Crippen LogP contribution in [-0.2, 0) is 33.2 Å². The van der Waals surface area contributed by atoms with Crippen LogP contribution in [0.4, 0.5) is 0 Å². The standard InChI is InChI=1S/C23H40O20/c24-1-6-10(29)13(32)15(34)21(38-6)41-18-11(30)7(2-25)39-22(16(18)35)42-19-12(31)8(3-26)40-23(17(19)36)43-20-14(33)9(28)5(27)4-37-20/h5-36H,1-4H2/t5-,6+,7+,8+,9-,10-,11-,12-,13-,14+,15+,16+,17+,18-,19-,20+,21+,22+,23+/m0/s1. The normalized spacial score (nSPS) is 53.1. The van der Waals surface area contributed by atoms with Gasteiger partial charge >= 0.3 is 0 Å². The summed E-state index contributed by atoms with van der Waals surface area (Å²) in [5.74, 6) is 0. The van der Waals surface area contributed by atoms with E-state index in [1.807, 2.05) is 0 Å². The Hall–Kier alpha value is -0.800. The maximum absolute atomic E-state index is 11.0. The summed E-state index contributed by atoms with van der Waals surface area (Å²) in [4.78, 5) is 0. The fraction of sp³-hybridized carbons (Fsp3) is 1.00. The Bertz CT molecular complexity index is 869. The van der Waals surface area contributed by atoms with Gasteiger partial charge in [-0.05, 0) is 0 Å². The number of ether oxygens (including phenoxy) is 7. The Morgan fingerprint density at radius 1 is 0.419 bits per heavy atom. The maximum atomic E-state index is 11.0. The second-order valence-corrected chi connectivity index (χ2v) is 10.7. The van der Waals surface area contributed by atoms with E-state index in [4.69, 9.17) is 33.2 Å². The number of hydrogen-bond donors (Lipinski definition) is 13. The first-order valence-electron chi connectivity index (χ1n) is 13.5. The molecule has 0 radical (unpaired) electrons. The van der Waals surface area contributed by atoms with Crippen molar-refractivity contribution in [2.24, 2.45) is 0 Å². The van der Waals surface area contributed by atoms with E-state index in [2.05, 4.69) is 0 Å². The van der Waals surface area contributed by atoms with Gasteiger partial charge in [-0.1, -0.05) is 0 Å². The lowest BCUT2D eigenvalue weighted by atomic mass is 9.96. The zero-order valence-corrected chi connectivity index (χ0v) is 22.5. The number of rotatable bonds is 9. The molecule has 4 aliphatic heterocycles. The highest BCUT2D eigenvalue weighted by Gasteiger charge is 2.54. The van der Waals surface area contributed by atoms with E-state index in [-0.39, 0.29) is 0 Å². The average Bonchev–Trinajstić information content (AvgIpc) is 2.99. The minimum Gasteiger partial charge on any atom is -0.394 e. The van der Waals surface area contributed by atoms with Crippen LogP contribution in [0.2, 0.25) is 0 Å². The summed E-state index contributed by atoms with van der Waals surface area (Å²) < 4.78 is 37.6. The SMILES string of the molecule is OC[C@H]1O[C@H](O[C@H]2[C@@H](O)[C@@H](CO)O[C@H](O[C@H]3[C@@H](O)[C@@H](CO)O[C@H](O[C@H]4OC[C@H](O)[C@H](O)[C@H]4O)[C@@H]3O)[C@@H]2O)[C@H](O)[C@@H](O)[C@H]1O. The predicted molar refractivity (Wildman–Crippen MR) is 128 cm³/mol.